The molecule has 21 heavy (non-hydrogen) atoms. The molecule has 0 atom stereocenters. The van der Waals surface area contributed by atoms with Crippen molar-refractivity contribution in [3.8, 4) is 22.9 Å². The summed E-state index contributed by atoms with van der Waals surface area (Å²) in [4.78, 5) is 8.76. The third kappa shape index (κ3) is 3.28. The third-order valence-electron chi connectivity index (χ3n) is 2.80. The molecule has 0 aliphatic heterocycles. The molecule has 0 N–H and O–H groups in total. The first kappa shape index (κ1) is 16.0. The summed E-state index contributed by atoms with van der Waals surface area (Å²) in [5, 5.41) is 0.317. The lowest BCUT2D eigenvalue weighted by atomic mass is 10.1. The van der Waals surface area contributed by atoms with E-state index in [9.17, 15) is 0 Å². The topological polar surface area (TPSA) is 53.5 Å². The fraction of sp³-hybridized carbons (Fsp3) is 0.286. The van der Waals surface area contributed by atoms with Gasteiger partial charge in [0.25, 0.3) is 0 Å². The highest BCUT2D eigenvalue weighted by atomic mass is 79.9. The molecule has 0 amide bonds. The Balaban J connectivity index is 2.62. The average molecular weight is 374 g/mol. The zero-order valence-corrected chi connectivity index (χ0v) is 14.2. The Morgan fingerprint density at radius 3 is 2.52 bits per heavy atom. The van der Waals surface area contributed by atoms with E-state index in [0.29, 0.717) is 44.8 Å². The maximum atomic E-state index is 6.15. The van der Waals surface area contributed by atoms with E-state index in [1.165, 1.54) is 0 Å². The molecule has 0 bridgehead atoms. The van der Waals surface area contributed by atoms with Crippen molar-refractivity contribution in [1.82, 2.24) is 9.97 Å². The highest BCUT2D eigenvalue weighted by Gasteiger charge is 2.17. The minimum absolute atomic E-state index is 0.317. The van der Waals surface area contributed by atoms with E-state index in [1.54, 1.807) is 27.4 Å². The average Bonchev–Trinajstić information content (AvgIpc) is 2.50. The summed E-state index contributed by atoms with van der Waals surface area (Å²) in [5.41, 5.74) is 1.36. The summed E-state index contributed by atoms with van der Waals surface area (Å²) in [7, 11) is 4.74. The minimum Gasteiger partial charge on any atom is -0.493 e. The van der Waals surface area contributed by atoms with Crippen LogP contribution in [0.5, 0.6) is 11.5 Å². The Morgan fingerprint density at radius 1 is 1.14 bits per heavy atom. The summed E-state index contributed by atoms with van der Waals surface area (Å²) in [6, 6.07) is 5.49. The van der Waals surface area contributed by atoms with Crippen LogP contribution >= 0.6 is 27.5 Å². The van der Waals surface area contributed by atoms with E-state index < -0.39 is 0 Å². The second-order valence-electron chi connectivity index (χ2n) is 4.07. The van der Waals surface area contributed by atoms with Gasteiger partial charge in [-0.3, -0.25) is 0 Å². The van der Waals surface area contributed by atoms with E-state index in [4.69, 9.17) is 25.8 Å². The van der Waals surface area contributed by atoms with Crippen LogP contribution in [0.15, 0.2) is 22.7 Å². The van der Waals surface area contributed by atoms with Crippen LogP contribution in [0.3, 0.4) is 0 Å². The lowest BCUT2D eigenvalue weighted by Gasteiger charge is -2.13. The Hall–Kier alpha value is -1.37. The van der Waals surface area contributed by atoms with E-state index in [2.05, 4.69) is 25.9 Å². The number of hydrogen-bond donors (Lipinski definition) is 0. The van der Waals surface area contributed by atoms with Gasteiger partial charge in [0.2, 0.25) is 0 Å². The van der Waals surface area contributed by atoms with Crippen LogP contribution in [0.2, 0.25) is 5.15 Å². The predicted molar refractivity (Wildman–Crippen MR) is 84.0 cm³/mol. The third-order valence-corrected chi connectivity index (χ3v) is 4.14. The number of rotatable bonds is 5. The van der Waals surface area contributed by atoms with E-state index in [-0.39, 0.29) is 0 Å². The van der Waals surface area contributed by atoms with Crippen molar-refractivity contribution in [3.63, 3.8) is 0 Å². The first-order valence-electron chi connectivity index (χ1n) is 6.04. The highest BCUT2D eigenvalue weighted by molar-refractivity contribution is 9.10. The van der Waals surface area contributed by atoms with E-state index >= 15 is 0 Å². The van der Waals surface area contributed by atoms with Gasteiger partial charge in [-0.05, 0) is 28.1 Å². The number of benzene rings is 1. The summed E-state index contributed by atoms with van der Waals surface area (Å²) >= 11 is 9.51. The van der Waals surface area contributed by atoms with Gasteiger partial charge in [0.1, 0.15) is 5.15 Å². The van der Waals surface area contributed by atoms with Crippen molar-refractivity contribution in [3.05, 3.63) is 33.5 Å². The monoisotopic (exact) mass is 372 g/mol. The molecule has 0 spiro atoms. The van der Waals surface area contributed by atoms with Crippen molar-refractivity contribution in [2.24, 2.45) is 0 Å². The second kappa shape index (κ2) is 7.06. The zero-order chi connectivity index (χ0) is 15.4. The van der Waals surface area contributed by atoms with Crippen LogP contribution in [0, 0.1) is 0 Å². The molecule has 0 saturated carbocycles. The van der Waals surface area contributed by atoms with Crippen LogP contribution in [0.1, 0.15) is 5.69 Å². The molecule has 0 fully saturated rings. The molecule has 0 aliphatic carbocycles. The number of halogens is 2. The Morgan fingerprint density at radius 2 is 1.90 bits per heavy atom. The van der Waals surface area contributed by atoms with Crippen molar-refractivity contribution in [2.45, 2.75) is 6.61 Å². The smallest absolute Gasteiger partial charge is 0.171 e. The number of methoxy groups -OCH3 is 3. The van der Waals surface area contributed by atoms with Crippen molar-refractivity contribution >= 4 is 27.5 Å². The largest absolute Gasteiger partial charge is 0.493 e. The lowest BCUT2D eigenvalue weighted by Crippen LogP contribution is -2.01. The number of nitrogens with zero attached hydrogens (tertiary/aromatic N) is 2. The van der Waals surface area contributed by atoms with Gasteiger partial charge >= 0.3 is 0 Å². The van der Waals surface area contributed by atoms with Gasteiger partial charge in [0, 0.05) is 7.11 Å². The Kier molecular flexibility index (Phi) is 5.39. The quantitative estimate of drug-likeness (QED) is 0.748. The summed E-state index contributed by atoms with van der Waals surface area (Å²) in [6.45, 7) is 0.322. The molecule has 0 saturated heterocycles. The standard InChI is InChI=1S/C14H14BrClN2O3/c1-19-7-9-11(15)13(16)18-14(17-9)8-5-4-6-10(20-2)12(8)21-3/h4-6H,7H2,1-3H3. The number of para-hydroxylation sites is 1. The van der Waals surface area contributed by atoms with Gasteiger partial charge in [-0.25, -0.2) is 9.97 Å². The molecular weight excluding hydrogens is 360 g/mol. The predicted octanol–water partition coefficient (Wildman–Crippen LogP) is 3.72. The molecule has 7 heteroatoms. The van der Waals surface area contributed by atoms with Crippen LogP contribution in [0.25, 0.3) is 11.4 Å². The van der Waals surface area contributed by atoms with Gasteiger partial charge in [0.15, 0.2) is 17.3 Å². The SMILES string of the molecule is COCc1nc(-c2cccc(OC)c2OC)nc(Cl)c1Br. The molecular formula is C14H14BrClN2O3. The second-order valence-corrected chi connectivity index (χ2v) is 5.22. The van der Waals surface area contributed by atoms with Gasteiger partial charge in [0.05, 0.1) is 36.6 Å². The van der Waals surface area contributed by atoms with Crippen LogP contribution in [-0.2, 0) is 11.3 Å². The normalized spacial score (nSPS) is 10.5. The van der Waals surface area contributed by atoms with Crippen LogP contribution in [-0.4, -0.2) is 31.3 Å². The van der Waals surface area contributed by atoms with Gasteiger partial charge in [-0.2, -0.15) is 0 Å². The van der Waals surface area contributed by atoms with Gasteiger partial charge in [-0.15, -0.1) is 0 Å². The molecule has 0 radical (unpaired) electrons. The molecule has 0 unspecified atom stereocenters. The van der Waals surface area contributed by atoms with Crippen molar-refractivity contribution in [2.75, 3.05) is 21.3 Å². The van der Waals surface area contributed by atoms with E-state index in [0.717, 1.165) is 0 Å². The van der Waals surface area contributed by atoms with Crippen LogP contribution in [0.4, 0.5) is 0 Å². The van der Waals surface area contributed by atoms with Gasteiger partial charge < -0.3 is 14.2 Å². The van der Waals surface area contributed by atoms with Gasteiger partial charge in [-0.1, -0.05) is 17.7 Å². The maximum Gasteiger partial charge on any atom is 0.171 e. The summed E-state index contributed by atoms with van der Waals surface area (Å²) < 4.78 is 16.4. The van der Waals surface area contributed by atoms with Crippen molar-refractivity contribution in [1.29, 1.82) is 0 Å². The molecule has 1 aromatic carbocycles. The fourth-order valence-electron chi connectivity index (χ4n) is 1.88. The molecule has 2 aromatic rings. The van der Waals surface area contributed by atoms with Crippen LogP contribution < -0.4 is 9.47 Å². The fourth-order valence-corrected chi connectivity index (χ4v) is 2.36. The summed E-state index contributed by atoms with van der Waals surface area (Å²) in [6.07, 6.45) is 0. The first-order valence-corrected chi connectivity index (χ1v) is 7.21. The number of aromatic nitrogens is 2. The molecule has 2 rings (SSSR count). The maximum absolute atomic E-state index is 6.15. The molecule has 0 aliphatic rings. The van der Waals surface area contributed by atoms with E-state index in [1.807, 2.05) is 12.1 Å². The Labute approximate surface area is 136 Å². The summed E-state index contributed by atoms with van der Waals surface area (Å²) in [5.74, 6) is 1.61. The van der Waals surface area contributed by atoms with Crippen molar-refractivity contribution < 1.29 is 14.2 Å². The number of ether oxygens (including phenoxy) is 3. The number of hydrogen-bond acceptors (Lipinski definition) is 5. The first-order chi connectivity index (χ1) is 10.1. The molecule has 1 aromatic heterocycles. The minimum atomic E-state index is 0.317. The highest BCUT2D eigenvalue weighted by Crippen LogP contribution is 2.37. The molecule has 1 heterocycles. The molecule has 5 nitrogen and oxygen atoms in total. The lowest BCUT2D eigenvalue weighted by molar-refractivity contribution is 0.181. The Bertz CT molecular complexity index is 652. The molecule has 112 valence electrons. The zero-order valence-electron chi connectivity index (χ0n) is 11.8.